The summed E-state index contributed by atoms with van der Waals surface area (Å²) in [5.74, 6) is 0. The molecule has 1 atom stereocenters. The average Bonchev–Trinajstić information content (AvgIpc) is 2.69. The summed E-state index contributed by atoms with van der Waals surface area (Å²) >= 11 is 7.02. The number of hydrogen-bond donors (Lipinski definition) is 0. The Morgan fingerprint density at radius 2 is 2.27 bits per heavy atom. The maximum Gasteiger partial charge on any atom is 0.228 e. The van der Waals surface area contributed by atoms with E-state index in [1.165, 1.54) is 9.18 Å². The van der Waals surface area contributed by atoms with E-state index in [4.69, 9.17) is 11.6 Å². The van der Waals surface area contributed by atoms with Gasteiger partial charge in [-0.05, 0) is 24.8 Å². The Bertz CT molecular complexity index is 388. The summed E-state index contributed by atoms with van der Waals surface area (Å²) in [6, 6.07) is 3.90. The predicted octanol–water partition coefficient (Wildman–Crippen LogP) is 2.14. The van der Waals surface area contributed by atoms with Gasteiger partial charge in [0, 0.05) is 18.0 Å². The molecule has 0 fully saturated rings. The number of hydrogen-bond acceptors (Lipinski definition) is 3. The molecule has 1 unspecified atom stereocenters. The quantitative estimate of drug-likeness (QED) is 0.767. The lowest BCUT2D eigenvalue weighted by molar-refractivity contribution is 0.391. The fraction of sp³-hybridized carbons (Fsp3) is 0.556. The molecule has 0 N–H and O–H groups in total. The van der Waals surface area contributed by atoms with Crippen molar-refractivity contribution < 1.29 is 8.42 Å². The van der Waals surface area contributed by atoms with Crippen LogP contribution in [0.4, 0.5) is 0 Å². The fourth-order valence-corrected chi connectivity index (χ4v) is 3.26. The molecule has 6 heteroatoms. The zero-order chi connectivity index (χ0) is 11.5. The Kier molecular flexibility index (Phi) is 4.58. The minimum atomic E-state index is -3.30. The zero-order valence-electron chi connectivity index (χ0n) is 8.68. The van der Waals surface area contributed by atoms with Crippen LogP contribution in [0.2, 0.25) is 0 Å². The second-order valence-electron chi connectivity index (χ2n) is 3.37. The first-order chi connectivity index (χ1) is 6.97. The Morgan fingerprint density at radius 3 is 2.73 bits per heavy atom. The first kappa shape index (κ1) is 13.0. The monoisotopic (exact) mass is 267 g/mol. The van der Waals surface area contributed by atoms with Gasteiger partial charge in [-0.15, -0.1) is 22.9 Å². The van der Waals surface area contributed by atoms with Gasteiger partial charge in [0.05, 0.1) is 0 Å². The standard InChI is InChI=1S/C9H14ClNO2S2/c1-8(6-9-4-3-5-14-9)11(2)15(12,13)7-10/h3-5,8H,6-7H2,1-2H3. The lowest BCUT2D eigenvalue weighted by Gasteiger charge is -2.22. The number of thiophene rings is 1. The van der Waals surface area contributed by atoms with Crippen LogP contribution in [0.5, 0.6) is 0 Å². The summed E-state index contributed by atoms with van der Waals surface area (Å²) in [6.07, 6.45) is 0.726. The van der Waals surface area contributed by atoms with Crippen molar-refractivity contribution in [1.82, 2.24) is 4.31 Å². The maximum atomic E-state index is 11.5. The second kappa shape index (κ2) is 5.30. The molecule has 0 radical (unpaired) electrons. The van der Waals surface area contributed by atoms with E-state index in [-0.39, 0.29) is 11.3 Å². The SMILES string of the molecule is CC(Cc1cccs1)N(C)S(=O)(=O)CCl. The van der Waals surface area contributed by atoms with Gasteiger partial charge in [-0.3, -0.25) is 0 Å². The molecular weight excluding hydrogens is 254 g/mol. The van der Waals surface area contributed by atoms with Crippen LogP contribution in [0.15, 0.2) is 17.5 Å². The smallest absolute Gasteiger partial charge is 0.211 e. The van der Waals surface area contributed by atoms with Crippen LogP contribution in [-0.4, -0.2) is 31.0 Å². The lowest BCUT2D eigenvalue weighted by atomic mass is 10.2. The van der Waals surface area contributed by atoms with Gasteiger partial charge in [-0.2, -0.15) is 0 Å². The number of halogens is 1. The van der Waals surface area contributed by atoms with E-state index in [1.54, 1.807) is 18.4 Å². The predicted molar refractivity (Wildman–Crippen MR) is 64.9 cm³/mol. The first-order valence-electron chi connectivity index (χ1n) is 4.51. The molecule has 0 amide bonds. The van der Waals surface area contributed by atoms with Gasteiger partial charge in [-0.1, -0.05) is 6.07 Å². The maximum absolute atomic E-state index is 11.5. The van der Waals surface area contributed by atoms with Crippen molar-refractivity contribution in [2.45, 2.75) is 19.4 Å². The van der Waals surface area contributed by atoms with Gasteiger partial charge in [-0.25, -0.2) is 12.7 Å². The van der Waals surface area contributed by atoms with Gasteiger partial charge in [0.15, 0.2) is 0 Å². The van der Waals surface area contributed by atoms with Crippen LogP contribution in [0.1, 0.15) is 11.8 Å². The molecule has 1 aromatic rings. The van der Waals surface area contributed by atoms with Crippen molar-refractivity contribution in [2.24, 2.45) is 0 Å². The fourth-order valence-electron chi connectivity index (χ4n) is 1.20. The van der Waals surface area contributed by atoms with Crippen molar-refractivity contribution in [2.75, 3.05) is 12.3 Å². The molecule has 0 aliphatic heterocycles. The Balaban J connectivity index is 2.65. The lowest BCUT2D eigenvalue weighted by Crippen LogP contribution is -2.36. The van der Waals surface area contributed by atoms with Gasteiger partial charge in [0.25, 0.3) is 0 Å². The number of alkyl halides is 1. The van der Waals surface area contributed by atoms with Gasteiger partial charge in [0.1, 0.15) is 5.21 Å². The summed E-state index contributed by atoms with van der Waals surface area (Å²) in [5, 5.41) is 1.62. The third-order valence-corrected chi connectivity index (χ3v) is 5.51. The summed E-state index contributed by atoms with van der Waals surface area (Å²) < 4.78 is 24.3. The minimum Gasteiger partial charge on any atom is -0.211 e. The second-order valence-corrected chi connectivity index (χ2v) is 7.01. The Hall–Kier alpha value is -0.100. The van der Waals surface area contributed by atoms with Crippen molar-refractivity contribution in [3.8, 4) is 0 Å². The molecule has 3 nitrogen and oxygen atoms in total. The third kappa shape index (κ3) is 3.45. The van der Waals surface area contributed by atoms with E-state index in [2.05, 4.69) is 0 Å². The van der Waals surface area contributed by atoms with Crippen LogP contribution in [-0.2, 0) is 16.4 Å². The van der Waals surface area contributed by atoms with Crippen molar-refractivity contribution in [3.63, 3.8) is 0 Å². The van der Waals surface area contributed by atoms with E-state index >= 15 is 0 Å². The Labute approximate surface area is 99.7 Å². The molecular formula is C9H14ClNO2S2. The van der Waals surface area contributed by atoms with E-state index in [0.29, 0.717) is 0 Å². The molecule has 0 spiro atoms. The normalized spacial score (nSPS) is 14.4. The summed E-state index contributed by atoms with van der Waals surface area (Å²) in [4.78, 5) is 1.18. The highest BCUT2D eigenvalue weighted by molar-refractivity contribution is 7.90. The molecule has 0 bridgehead atoms. The van der Waals surface area contributed by atoms with Crippen LogP contribution in [0, 0.1) is 0 Å². The largest absolute Gasteiger partial charge is 0.228 e. The molecule has 1 heterocycles. The van der Waals surface area contributed by atoms with Crippen molar-refractivity contribution >= 4 is 33.0 Å². The van der Waals surface area contributed by atoms with Gasteiger partial charge < -0.3 is 0 Å². The van der Waals surface area contributed by atoms with Crippen molar-refractivity contribution in [1.29, 1.82) is 0 Å². The molecule has 0 aromatic carbocycles. The molecule has 1 aromatic heterocycles. The molecule has 86 valence electrons. The van der Waals surface area contributed by atoms with Gasteiger partial charge >= 0.3 is 0 Å². The third-order valence-electron chi connectivity index (χ3n) is 2.27. The highest BCUT2D eigenvalue weighted by Gasteiger charge is 2.22. The molecule has 1 rings (SSSR count). The topological polar surface area (TPSA) is 37.4 Å². The van der Waals surface area contributed by atoms with Gasteiger partial charge in [0.2, 0.25) is 10.0 Å². The van der Waals surface area contributed by atoms with E-state index in [0.717, 1.165) is 6.42 Å². The van der Waals surface area contributed by atoms with E-state index in [9.17, 15) is 8.42 Å². The van der Waals surface area contributed by atoms with Crippen LogP contribution in [0.25, 0.3) is 0 Å². The van der Waals surface area contributed by atoms with Crippen LogP contribution < -0.4 is 0 Å². The van der Waals surface area contributed by atoms with Crippen LogP contribution >= 0.6 is 22.9 Å². The number of nitrogens with zero attached hydrogens (tertiary/aromatic N) is 1. The molecule has 0 saturated heterocycles. The average molecular weight is 268 g/mol. The summed E-state index contributed by atoms with van der Waals surface area (Å²) in [6.45, 7) is 1.88. The summed E-state index contributed by atoms with van der Waals surface area (Å²) in [5.41, 5.74) is 0. The van der Waals surface area contributed by atoms with Crippen molar-refractivity contribution in [3.05, 3.63) is 22.4 Å². The van der Waals surface area contributed by atoms with E-state index < -0.39 is 10.0 Å². The number of rotatable bonds is 5. The molecule has 0 aliphatic carbocycles. The summed E-state index contributed by atoms with van der Waals surface area (Å²) in [7, 11) is -1.73. The minimum absolute atomic E-state index is 0.0626. The highest BCUT2D eigenvalue weighted by Crippen LogP contribution is 2.15. The van der Waals surface area contributed by atoms with Crippen LogP contribution in [0.3, 0.4) is 0 Å². The number of likely N-dealkylation sites (N-methyl/N-ethyl adjacent to an activating group) is 1. The Morgan fingerprint density at radius 1 is 1.60 bits per heavy atom. The number of sulfonamides is 1. The van der Waals surface area contributed by atoms with E-state index in [1.807, 2.05) is 24.4 Å². The molecule has 0 saturated carbocycles. The first-order valence-corrected chi connectivity index (χ1v) is 7.53. The highest BCUT2D eigenvalue weighted by atomic mass is 35.5. The molecule has 0 aliphatic rings. The zero-order valence-corrected chi connectivity index (χ0v) is 11.1. The molecule has 15 heavy (non-hydrogen) atoms.